The molecular formula is C32H26Br2O2SZr. The van der Waals surface area contributed by atoms with Crippen LogP contribution >= 0.6 is 43.6 Å². The number of hydrogen-bond acceptors (Lipinski definition) is 3. The van der Waals surface area contributed by atoms with Crippen molar-refractivity contribution in [2.24, 2.45) is 0 Å². The van der Waals surface area contributed by atoms with Crippen LogP contribution in [0.5, 0.6) is 0 Å². The molecule has 0 aliphatic rings. The summed E-state index contributed by atoms with van der Waals surface area (Å²) in [4.78, 5) is 2.45. The van der Waals surface area contributed by atoms with E-state index in [0.717, 1.165) is 23.2 Å². The van der Waals surface area contributed by atoms with Gasteiger partial charge in [0.1, 0.15) is 0 Å². The minimum absolute atomic E-state index is 0. The van der Waals surface area contributed by atoms with E-state index in [2.05, 4.69) is 141 Å². The Balaban J connectivity index is 0.000000766. The predicted octanol–water partition coefficient (Wildman–Crippen LogP) is 9.66. The minimum Gasteiger partial charge on any atom is -0.400 e. The van der Waals surface area contributed by atoms with Crippen molar-refractivity contribution in [3.05, 3.63) is 118 Å². The average Bonchev–Trinajstić information content (AvgIpc) is 3.58. The molecule has 0 saturated carbocycles. The summed E-state index contributed by atoms with van der Waals surface area (Å²) < 4.78 is 2.26. The van der Waals surface area contributed by atoms with E-state index in [0.29, 0.717) is 0 Å². The van der Waals surface area contributed by atoms with E-state index >= 15 is 0 Å². The first-order chi connectivity index (χ1) is 18.1. The molecule has 6 aromatic rings. The summed E-state index contributed by atoms with van der Waals surface area (Å²) in [5, 5.41) is 19.0. The maximum absolute atomic E-state index is 7.00. The van der Waals surface area contributed by atoms with Gasteiger partial charge in [0.15, 0.2) is 0 Å². The fourth-order valence-electron chi connectivity index (χ4n) is 4.35. The number of rotatable bonds is 4. The van der Waals surface area contributed by atoms with E-state index in [1.54, 1.807) is 11.8 Å². The van der Waals surface area contributed by atoms with Gasteiger partial charge in [-0.3, -0.25) is 0 Å². The average molecular weight is 726 g/mol. The van der Waals surface area contributed by atoms with Crippen LogP contribution in [0.2, 0.25) is 0 Å². The van der Waals surface area contributed by atoms with E-state index in [1.807, 2.05) is 0 Å². The second kappa shape index (κ2) is 14.6. The summed E-state index contributed by atoms with van der Waals surface area (Å²) in [5.74, 6) is 0. The normalized spacial score (nSPS) is 10.3. The maximum Gasteiger partial charge on any atom is 2.00 e. The number of aliphatic hydroxyl groups excluding tert-OH is 2. The smallest absolute Gasteiger partial charge is 0.400 e. The Bertz CT molecular complexity index is 1490. The Morgan fingerprint density at radius 2 is 0.921 bits per heavy atom. The van der Waals surface area contributed by atoms with Crippen LogP contribution in [0, 0.1) is 0 Å². The summed E-state index contributed by atoms with van der Waals surface area (Å²) in [6, 6.07) is 39.2. The number of benzene rings is 4. The van der Waals surface area contributed by atoms with Crippen LogP contribution in [0.4, 0.5) is 0 Å². The molecule has 0 aliphatic carbocycles. The van der Waals surface area contributed by atoms with Crippen molar-refractivity contribution in [2.45, 2.75) is 9.79 Å². The molecule has 2 nitrogen and oxygen atoms in total. The fraction of sp³-hybridized carbons (Fsp3) is 0.0625. The van der Waals surface area contributed by atoms with Gasteiger partial charge in [0.2, 0.25) is 0 Å². The molecule has 0 fully saturated rings. The van der Waals surface area contributed by atoms with Crippen LogP contribution < -0.4 is 0 Å². The SMILES string of the molecule is Brc1cc(Sc2cc(Br)c3[cH-]c(-c4ccccc4)cc3c2)cc2cc(-c3ccccc3)[cH-]c12.CO.CO.[Zr+2]. The molecule has 190 valence electrons. The zero-order valence-electron chi connectivity index (χ0n) is 21.0. The van der Waals surface area contributed by atoms with Crippen molar-refractivity contribution in [1.29, 1.82) is 0 Å². The van der Waals surface area contributed by atoms with Gasteiger partial charge in [-0.2, -0.15) is 0 Å². The Kier molecular flexibility index (Phi) is 11.8. The van der Waals surface area contributed by atoms with Gasteiger partial charge in [-0.25, -0.2) is 0 Å². The molecule has 0 amide bonds. The minimum atomic E-state index is 0. The molecule has 0 saturated heterocycles. The van der Waals surface area contributed by atoms with Gasteiger partial charge in [-0.05, 0) is 18.7 Å². The van der Waals surface area contributed by atoms with Crippen molar-refractivity contribution >= 4 is 65.2 Å². The zero-order chi connectivity index (χ0) is 26.4. The molecule has 38 heavy (non-hydrogen) atoms. The molecule has 0 aromatic heterocycles. The molecule has 0 aliphatic heterocycles. The molecule has 6 aromatic carbocycles. The van der Waals surface area contributed by atoms with Crippen LogP contribution in [0.1, 0.15) is 0 Å². The molecule has 0 radical (unpaired) electrons. The van der Waals surface area contributed by atoms with Crippen LogP contribution in [0.15, 0.2) is 128 Å². The maximum atomic E-state index is 7.00. The quantitative estimate of drug-likeness (QED) is 0.178. The Hall–Kier alpha value is -1.79. The van der Waals surface area contributed by atoms with Crippen molar-refractivity contribution < 1.29 is 36.4 Å². The number of aliphatic hydroxyl groups is 2. The molecule has 6 rings (SSSR count). The van der Waals surface area contributed by atoms with Crippen LogP contribution in [-0.2, 0) is 26.2 Å². The van der Waals surface area contributed by atoms with Gasteiger partial charge in [-0.1, -0.05) is 108 Å². The van der Waals surface area contributed by atoms with E-state index in [4.69, 9.17) is 10.2 Å². The summed E-state index contributed by atoms with van der Waals surface area (Å²) in [5.41, 5.74) is 5.00. The topological polar surface area (TPSA) is 40.5 Å². The number of fused-ring (bicyclic) bond motifs is 2. The summed E-state index contributed by atoms with van der Waals surface area (Å²) >= 11 is 9.41. The van der Waals surface area contributed by atoms with Gasteiger partial charge in [-0.15, -0.1) is 88.8 Å². The van der Waals surface area contributed by atoms with Crippen LogP contribution in [0.25, 0.3) is 43.8 Å². The predicted molar refractivity (Wildman–Crippen MR) is 166 cm³/mol. The Morgan fingerprint density at radius 1 is 0.553 bits per heavy atom. The van der Waals surface area contributed by atoms with Gasteiger partial charge in [0, 0.05) is 14.2 Å². The summed E-state index contributed by atoms with van der Waals surface area (Å²) in [6.45, 7) is 0. The Labute approximate surface area is 263 Å². The number of halogens is 2. The molecule has 6 heteroatoms. The third-order valence-electron chi connectivity index (χ3n) is 5.94. The third kappa shape index (κ3) is 6.85. The van der Waals surface area contributed by atoms with Crippen molar-refractivity contribution in [3.63, 3.8) is 0 Å². The zero-order valence-corrected chi connectivity index (χ0v) is 27.4. The van der Waals surface area contributed by atoms with Crippen LogP contribution in [0.3, 0.4) is 0 Å². The fourth-order valence-corrected chi connectivity index (χ4v) is 6.83. The summed E-state index contributed by atoms with van der Waals surface area (Å²) in [6.07, 6.45) is 0. The van der Waals surface area contributed by atoms with Crippen LogP contribution in [-0.4, -0.2) is 24.4 Å². The molecule has 0 atom stereocenters. The van der Waals surface area contributed by atoms with Gasteiger partial charge < -0.3 is 10.2 Å². The molecular weight excluding hydrogens is 699 g/mol. The standard InChI is InChI=1S/C30H18Br2S.2CH4O.Zr/c31-29-17-25(13-23-11-21(15-27(23)29)19-7-3-1-4-8-19)33-26-14-24-12-22(16-28(24)30(32)18-26)20-9-5-2-6-10-20;2*1-2;/h1-18H;2*2H,1H3;/q-2;;;+2. The largest absolute Gasteiger partial charge is 2.00 e. The van der Waals surface area contributed by atoms with E-state index in [-0.39, 0.29) is 26.2 Å². The van der Waals surface area contributed by atoms with Crippen molar-refractivity contribution in [2.75, 3.05) is 14.2 Å². The van der Waals surface area contributed by atoms with Gasteiger partial charge >= 0.3 is 26.2 Å². The molecule has 2 N–H and O–H groups in total. The Morgan fingerprint density at radius 3 is 1.29 bits per heavy atom. The molecule has 0 unspecified atom stereocenters. The first-order valence-electron chi connectivity index (χ1n) is 11.6. The third-order valence-corrected chi connectivity index (χ3v) is 8.20. The number of hydrogen-bond donors (Lipinski definition) is 2. The summed E-state index contributed by atoms with van der Waals surface area (Å²) in [7, 11) is 2.00. The van der Waals surface area contributed by atoms with Gasteiger partial charge in [0.25, 0.3) is 0 Å². The van der Waals surface area contributed by atoms with Crippen molar-refractivity contribution in [1.82, 2.24) is 0 Å². The monoisotopic (exact) mass is 722 g/mol. The van der Waals surface area contributed by atoms with Gasteiger partial charge in [0.05, 0.1) is 0 Å². The van der Waals surface area contributed by atoms with E-state index < -0.39 is 0 Å². The molecule has 0 heterocycles. The van der Waals surface area contributed by atoms with Crippen molar-refractivity contribution in [3.8, 4) is 22.3 Å². The second-order valence-corrected chi connectivity index (χ2v) is 11.0. The second-order valence-electron chi connectivity index (χ2n) is 8.14. The molecule has 0 bridgehead atoms. The first-order valence-corrected chi connectivity index (χ1v) is 14.0. The first kappa shape index (κ1) is 30.8. The van der Waals surface area contributed by atoms with E-state index in [9.17, 15) is 0 Å². The van der Waals surface area contributed by atoms with E-state index in [1.165, 1.54) is 53.6 Å². The molecule has 0 spiro atoms.